The average molecular weight is 292 g/mol. The van der Waals surface area contributed by atoms with E-state index in [0.717, 1.165) is 5.56 Å². The van der Waals surface area contributed by atoms with Crippen LogP contribution in [0.4, 0.5) is 8.78 Å². The normalized spacial score (nSPS) is 13.0. The standard InChI is InChI=1S/C17H18F2O2/c1-12-8-9-15(13(2)20)16(10-12)21-11-17(18,19)14-6-4-3-5-7-14/h3-10,13,20H,11H2,1-2H3. The van der Waals surface area contributed by atoms with Crippen molar-refractivity contribution in [3.8, 4) is 5.75 Å². The first-order chi connectivity index (χ1) is 9.90. The van der Waals surface area contributed by atoms with E-state index in [1.165, 1.54) is 12.1 Å². The van der Waals surface area contributed by atoms with Gasteiger partial charge in [-0.1, -0.05) is 42.5 Å². The molecule has 2 nitrogen and oxygen atoms in total. The molecule has 0 aromatic heterocycles. The third kappa shape index (κ3) is 3.79. The van der Waals surface area contributed by atoms with E-state index < -0.39 is 18.6 Å². The number of ether oxygens (including phenoxy) is 1. The number of aliphatic hydroxyl groups is 1. The second kappa shape index (κ2) is 6.22. The van der Waals surface area contributed by atoms with Crippen LogP contribution in [0.15, 0.2) is 48.5 Å². The highest BCUT2D eigenvalue weighted by Gasteiger charge is 2.32. The Bertz CT molecular complexity index is 595. The van der Waals surface area contributed by atoms with Crippen LogP contribution in [-0.2, 0) is 5.92 Å². The van der Waals surface area contributed by atoms with E-state index >= 15 is 0 Å². The van der Waals surface area contributed by atoms with E-state index in [1.54, 1.807) is 37.3 Å². The molecule has 0 saturated heterocycles. The van der Waals surface area contributed by atoms with Gasteiger partial charge in [0.05, 0.1) is 6.10 Å². The maximum Gasteiger partial charge on any atom is 0.306 e. The van der Waals surface area contributed by atoms with E-state index in [0.29, 0.717) is 11.3 Å². The minimum Gasteiger partial charge on any atom is -0.487 e. The van der Waals surface area contributed by atoms with Gasteiger partial charge in [-0.15, -0.1) is 0 Å². The third-order valence-electron chi connectivity index (χ3n) is 3.22. The number of hydrogen-bond acceptors (Lipinski definition) is 2. The van der Waals surface area contributed by atoms with Crippen LogP contribution in [0.3, 0.4) is 0 Å². The minimum atomic E-state index is -3.08. The highest BCUT2D eigenvalue weighted by Crippen LogP contribution is 2.31. The summed E-state index contributed by atoms with van der Waals surface area (Å²) in [6.45, 7) is 2.65. The zero-order valence-electron chi connectivity index (χ0n) is 12.0. The number of alkyl halides is 2. The molecule has 4 heteroatoms. The fourth-order valence-electron chi connectivity index (χ4n) is 2.05. The van der Waals surface area contributed by atoms with Gasteiger partial charge in [-0.2, -0.15) is 8.78 Å². The number of aryl methyl sites for hydroxylation is 1. The van der Waals surface area contributed by atoms with Crippen molar-refractivity contribution in [3.63, 3.8) is 0 Å². The molecule has 0 bridgehead atoms. The van der Waals surface area contributed by atoms with Crippen LogP contribution < -0.4 is 4.74 Å². The molecular formula is C17H18F2O2. The molecule has 0 fully saturated rings. The van der Waals surface area contributed by atoms with E-state index in [2.05, 4.69) is 0 Å². The molecular weight excluding hydrogens is 274 g/mol. The summed E-state index contributed by atoms with van der Waals surface area (Å²) in [4.78, 5) is 0. The molecule has 0 aliphatic heterocycles. The summed E-state index contributed by atoms with van der Waals surface area (Å²) in [5.74, 6) is -2.79. The Kier molecular flexibility index (Phi) is 4.58. The van der Waals surface area contributed by atoms with Crippen LogP contribution >= 0.6 is 0 Å². The van der Waals surface area contributed by atoms with E-state index in [1.807, 2.05) is 13.0 Å². The number of rotatable bonds is 5. The molecule has 1 atom stereocenters. The number of aliphatic hydroxyl groups excluding tert-OH is 1. The zero-order chi connectivity index (χ0) is 15.5. The Hall–Kier alpha value is -1.94. The molecule has 2 aromatic carbocycles. The lowest BCUT2D eigenvalue weighted by molar-refractivity contribution is -0.0473. The lowest BCUT2D eigenvalue weighted by atomic mass is 10.1. The van der Waals surface area contributed by atoms with E-state index in [9.17, 15) is 13.9 Å². The molecule has 112 valence electrons. The third-order valence-corrected chi connectivity index (χ3v) is 3.22. The van der Waals surface area contributed by atoms with Crippen molar-refractivity contribution in [2.24, 2.45) is 0 Å². The first kappa shape index (κ1) is 15.4. The molecule has 0 radical (unpaired) electrons. The van der Waals surface area contributed by atoms with Gasteiger partial charge in [-0.05, 0) is 25.5 Å². The summed E-state index contributed by atoms with van der Waals surface area (Å²) in [6.07, 6.45) is -0.772. The molecule has 0 amide bonds. The van der Waals surface area contributed by atoms with Crippen molar-refractivity contribution in [2.75, 3.05) is 6.61 Å². The van der Waals surface area contributed by atoms with E-state index in [-0.39, 0.29) is 5.56 Å². The van der Waals surface area contributed by atoms with Crippen molar-refractivity contribution in [3.05, 3.63) is 65.2 Å². The average Bonchev–Trinajstić information content (AvgIpc) is 2.46. The Morgan fingerprint density at radius 1 is 1.14 bits per heavy atom. The van der Waals surface area contributed by atoms with Crippen LogP contribution in [0.5, 0.6) is 5.75 Å². The number of benzene rings is 2. The smallest absolute Gasteiger partial charge is 0.306 e. The molecule has 0 heterocycles. The van der Waals surface area contributed by atoms with Gasteiger partial charge in [0, 0.05) is 11.1 Å². The molecule has 1 N–H and O–H groups in total. The van der Waals surface area contributed by atoms with Gasteiger partial charge in [0.15, 0.2) is 6.61 Å². The zero-order valence-corrected chi connectivity index (χ0v) is 12.0. The Morgan fingerprint density at radius 2 is 1.81 bits per heavy atom. The summed E-state index contributed by atoms with van der Waals surface area (Å²) in [5, 5.41) is 9.67. The Balaban J connectivity index is 2.18. The van der Waals surface area contributed by atoms with Gasteiger partial charge in [-0.25, -0.2) is 0 Å². The quantitative estimate of drug-likeness (QED) is 0.894. The lowest BCUT2D eigenvalue weighted by Crippen LogP contribution is -2.23. The van der Waals surface area contributed by atoms with Crippen molar-refractivity contribution in [2.45, 2.75) is 25.9 Å². The number of halogens is 2. The van der Waals surface area contributed by atoms with Crippen molar-refractivity contribution < 1.29 is 18.6 Å². The maximum absolute atomic E-state index is 14.1. The van der Waals surface area contributed by atoms with Crippen LogP contribution in [0.25, 0.3) is 0 Å². The molecule has 21 heavy (non-hydrogen) atoms. The summed E-state index contributed by atoms with van der Waals surface area (Å²) in [6, 6.07) is 12.7. The van der Waals surface area contributed by atoms with Crippen LogP contribution in [0.2, 0.25) is 0 Å². The van der Waals surface area contributed by atoms with Gasteiger partial charge in [0.25, 0.3) is 0 Å². The first-order valence-corrected chi connectivity index (χ1v) is 6.75. The van der Waals surface area contributed by atoms with Crippen LogP contribution in [0.1, 0.15) is 29.7 Å². The largest absolute Gasteiger partial charge is 0.487 e. The molecule has 0 aliphatic rings. The topological polar surface area (TPSA) is 29.5 Å². The van der Waals surface area contributed by atoms with Gasteiger partial charge >= 0.3 is 5.92 Å². The second-order valence-corrected chi connectivity index (χ2v) is 5.08. The SMILES string of the molecule is Cc1ccc(C(C)O)c(OCC(F)(F)c2ccccc2)c1. The maximum atomic E-state index is 14.1. The minimum absolute atomic E-state index is 0.0868. The van der Waals surface area contributed by atoms with Gasteiger partial charge in [0.1, 0.15) is 5.75 Å². The van der Waals surface area contributed by atoms with Gasteiger partial charge in [-0.3, -0.25) is 0 Å². The van der Waals surface area contributed by atoms with Crippen molar-refractivity contribution in [1.29, 1.82) is 0 Å². The molecule has 1 unspecified atom stereocenters. The first-order valence-electron chi connectivity index (χ1n) is 6.75. The fourth-order valence-corrected chi connectivity index (χ4v) is 2.05. The van der Waals surface area contributed by atoms with Gasteiger partial charge in [0.2, 0.25) is 0 Å². The van der Waals surface area contributed by atoms with Crippen molar-refractivity contribution >= 4 is 0 Å². The predicted molar refractivity (Wildman–Crippen MR) is 77.6 cm³/mol. The Labute approximate surface area is 123 Å². The lowest BCUT2D eigenvalue weighted by Gasteiger charge is -2.20. The highest BCUT2D eigenvalue weighted by atomic mass is 19.3. The predicted octanol–water partition coefficient (Wildman–Crippen LogP) is 4.22. The van der Waals surface area contributed by atoms with Crippen LogP contribution in [0, 0.1) is 6.92 Å². The van der Waals surface area contributed by atoms with Crippen molar-refractivity contribution in [1.82, 2.24) is 0 Å². The second-order valence-electron chi connectivity index (χ2n) is 5.08. The fraction of sp³-hybridized carbons (Fsp3) is 0.294. The Morgan fingerprint density at radius 3 is 2.43 bits per heavy atom. The molecule has 0 aliphatic carbocycles. The summed E-state index contributed by atoms with van der Waals surface area (Å²) < 4.78 is 33.5. The van der Waals surface area contributed by atoms with Crippen LogP contribution in [-0.4, -0.2) is 11.7 Å². The molecule has 0 saturated carbocycles. The highest BCUT2D eigenvalue weighted by molar-refractivity contribution is 5.38. The molecule has 2 rings (SSSR count). The molecule has 0 spiro atoms. The monoisotopic (exact) mass is 292 g/mol. The number of hydrogen-bond donors (Lipinski definition) is 1. The van der Waals surface area contributed by atoms with E-state index in [4.69, 9.17) is 4.74 Å². The van der Waals surface area contributed by atoms with Gasteiger partial charge < -0.3 is 9.84 Å². The molecule has 2 aromatic rings. The summed E-state index contributed by atoms with van der Waals surface area (Å²) in [5.41, 5.74) is 1.30. The summed E-state index contributed by atoms with van der Waals surface area (Å²) >= 11 is 0. The summed E-state index contributed by atoms with van der Waals surface area (Å²) in [7, 11) is 0.